The van der Waals surface area contributed by atoms with E-state index in [1.807, 2.05) is 12.1 Å². The summed E-state index contributed by atoms with van der Waals surface area (Å²) < 4.78 is 6.60. The molecule has 2 atom stereocenters. The van der Waals surface area contributed by atoms with Crippen LogP contribution in [0.25, 0.3) is 0 Å². The zero-order valence-corrected chi connectivity index (χ0v) is 10.7. The van der Waals surface area contributed by atoms with Crippen LogP contribution in [0.15, 0.2) is 22.7 Å². The Balaban J connectivity index is 2.48. The van der Waals surface area contributed by atoms with Gasteiger partial charge in [0.05, 0.1) is 4.83 Å². The highest BCUT2D eigenvalue weighted by molar-refractivity contribution is 9.12. The van der Waals surface area contributed by atoms with E-state index in [4.69, 9.17) is 4.74 Å². The van der Waals surface area contributed by atoms with Gasteiger partial charge in [-0.2, -0.15) is 0 Å². The zero-order valence-electron chi connectivity index (χ0n) is 5.93. The number of ether oxygens (including phenoxy) is 1. The van der Waals surface area contributed by atoms with Gasteiger partial charge in [-0.3, -0.25) is 0 Å². The molecule has 12 heavy (non-hydrogen) atoms. The second-order valence-electron chi connectivity index (χ2n) is 2.55. The summed E-state index contributed by atoms with van der Waals surface area (Å²) in [4.78, 5) is 0.241. The number of halogens is 3. The maximum atomic E-state index is 5.52. The average molecular weight is 357 g/mol. The van der Waals surface area contributed by atoms with Gasteiger partial charge in [-0.15, -0.1) is 0 Å². The highest BCUT2D eigenvalue weighted by atomic mass is 79.9. The first-order chi connectivity index (χ1) is 5.68. The van der Waals surface area contributed by atoms with Crippen LogP contribution in [-0.4, -0.2) is 5.01 Å². The van der Waals surface area contributed by atoms with Gasteiger partial charge < -0.3 is 4.74 Å². The lowest BCUT2D eigenvalue weighted by Gasteiger charge is -2.03. The molecule has 4 heteroatoms. The first kappa shape index (κ1) is 9.03. The van der Waals surface area contributed by atoms with Gasteiger partial charge in [-0.05, 0) is 34.1 Å². The SMILES string of the molecule is Brc1ccc2c(c1)C(Br)C(Br)O2. The Bertz CT molecular complexity index is 313. The highest BCUT2D eigenvalue weighted by Crippen LogP contribution is 2.45. The molecule has 1 heterocycles. The van der Waals surface area contributed by atoms with E-state index in [0.717, 1.165) is 10.2 Å². The number of benzene rings is 1. The maximum absolute atomic E-state index is 5.52. The van der Waals surface area contributed by atoms with Gasteiger partial charge in [0.1, 0.15) is 5.75 Å². The van der Waals surface area contributed by atoms with Gasteiger partial charge in [0.2, 0.25) is 0 Å². The van der Waals surface area contributed by atoms with E-state index in [2.05, 4.69) is 53.9 Å². The number of hydrogen-bond donors (Lipinski definition) is 0. The van der Waals surface area contributed by atoms with Crippen LogP contribution in [0.2, 0.25) is 0 Å². The highest BCUT2D eigenvalue weighted by Gasteiger charge is 2.30. The minimum Gasteiger partial charge on any atom is -0.477 e. The van der Waals surface area contributed by atoms with Gasteiger partial charge in [-0.25, -0.2) is 0 Å². The van der Waals surface area contributed by atoms with E-state index in [1.165, 1.54) is 5.56 Å². The molecule has 0 aliphatic carbocycles. The van der Waals surface area contributed by atoms with Gasteiger partial charge in [-0.1, -0.05) is 31.9 Å². The van der Waals surface area contributed by atoms with Crippen molar-refractivity contribution in [3.05, 3.63) is 28.2 Å². The molecule has 0 aromatic heterocycles. The molecule has 0 radical (unpaired) electrons. The van der Waals surface area contributed by atoms with Crippen molar-refractivity contribution in [1.29, 1.82) is 0 Å². The fraction of sp³-hybridized carbons (Fsp3) is 0.250. The fourth-order valence-corrected chi connectivity index (χ4v) is 2.49. The topological polar surface area (TPSA) is 9.23 Å². The summed E-state index contributed by atoms with van der Waals surface area (Å²) in [6, 6.07) is 6.01. The summed E-state index contributed by atoms with van der Waals surface area (Å²) in [6.45, 7) is 0. The summed E-state index contributed by atoms with van der Waals surface area (Å²) >= 11 is 10.4. The summed E-state index contributed by atoms with van der Waals surface area (Å²) in [5.41, 5.74) is 1.19. The Hall–Kier alpha value is 0.460. The average Bonchev–Trinajstić information content (AvgIpc) is 2.31. The van der Waals surface area contributed by atoms with E-state index < -0.39 is 0 Å². The lowest BCUT2D eigenvalue weighted by atomic mass is 10.2. The normalized spacial score (nSPS) is 26.6. The first-order valence-corrected chi connectivity index (χ1v) is 6.05. The van der Waals surface area contributed by atoms with Gasteiger partial charge in [0.15, 0.2) is 5.01 Å². The predicted molar refractivity (Wildman–Crippen MR) is 59.2 cm³/mol. The van der Waals surface area contributed by atoms with Crippen LogP contribution in [0, 0.1) is 0 Å². The summed E-state index contributed by atoms with van der Waals surface area (Å²) in [7, 11) is 0. The molecule has 1 aliphatic rings. The third kappa shape index (κ3) is 1.44. The molecule has 0 saturated carbocycles. The van der Waals surface area contributed by atoms with Crippen LogP contribution in [0.3, 0.4) is 0 Å². The van der Waals surface area contributed by atoms with E-state index in [9.17, 15) is 0 Å². The monoisotopic (exact) mass is 354 g/mol. The van der Waals surface area contributed by atoms with Crippen LogP contribution in [0.5, 0.6) is 5.75 Å². The van der Waals surface area contributed by atoms with Crippen LogP contribution in [0.1, 0.15) is 10.4 Å². The first-order valence-electron chi connectivity index (χ1n) is 3.43. The predicted octanol–water partition coefficient (Wildman–Crippen LogP) is 4.00. The molecule has 1 aromatic rings. The second kappa shape index (κ2) is 3.31. The Morgan fingerprint density at radius 2 is 2.00 bits per heavy atom. The number of alkyl halides is 2. The molecule has 0 bridgehead atoms. The van der Waals surface area contributed by atoms with E-state index in [1.54, 1.807) is 0 Å². The van der Waals surface area contributed by atoms with Crippen LogP contribution in [-0.2, 0) is 0 Å². The van der Waals surface area contributed by atoms with Crippen molar-refractivity contribution in [3.63, 3.8) is 0 Å². The smallest absolute Gasteiger partial charge is 0.169 e. The zero-order chi connectivity index (χ0) is 8.72. The summed E-state index contributed by atoms with van der Waals surface area (Å²) in [5.74, 6) is 0.946. The molecule has 1 aliphatic heterocycles. The van der Waals surface area contributed by atoms with Crippen LogP contribution < -0.4 is 4.74 Å². The lowest BCUT2D eigenvalue weighted by molar-refractivity contribution is 0.328. The Morgan fingerprint density at radius 3 is 2.75 bits per heavy atom. The number of hydrogen-bond acceptors (Lipinski definition) is 1. The molecule has 64 valence electrons. The minimum atomic E-state index is 0.0433. The van der Waals surface area contributed by atoms with Crippen molar-refractivity contribution >= 4 is 47.8 Å². The number of fused-ring (bicyclic) bond motifs is 1. The summed E-state index contributed by atoms with van der Waals surface area (Å²) in [6.07, 6.45) is 0. The molecule has 2 rings (SSSR count). The van der Waals surface area contributed by atoms with E-state index in [-0.39, 0.29) is 9.84 Å². The number of rotatable bonds is 0. The third-order valence-electron chi connectivity index (χ3n) is 1.74. The van der Waals surface area contributed by atoms with Crippen molar-refractivity contribution in [2.75, 3.05) is 0 Å². The van der Waals surface area contributed by atoms with Gasteiger partial charge in [0.25, 0.3) is 0 Å². The molecule has 0 spiro atoms. The Morgan fingerprint density at radius 1 is 1.25 bits per heavy atom. The van der Waals surface area contributed by atoms with Crippen LogP contribution in [0.4, 0.5) is 0 Å². The van der Waals surface area contributed by atoms with E-state index >= 15 is 0 Å². The molecular formula is C8H5Br3O. The van der Waals surface area contributed by atoms with Crippen LogP contribution >= 0.6 is 47.8 Å². The van der Waals surface area contributed by atoms with Crippen molar-refractivity contribution < 1.29 is 4.74 Å². The molecule has 0 N–H and O–H groups in total. The fourth-order valence-electron chi connectivity index (χ4n) is 1.16. The molecule has 0 fully saturated rings. The quantitative estimate of drug-likeness (QED) is 0.638. The van der Waals surface area contributed by atoms with Crippen molar-refractivity contribution in [3.8, 4) is 5.75 Å². The van der Waals surface area contributed by atoms with E-state index in [0.29, 0.717) is 0 Å². The standard InChI is InChI=1S/C8H5Br3O/c9-4-1-2-6-5(3-4)7(10)8(11)12-6/h1-3,7-8H. The molecule has 0 saturated heterocycles. The molecule has 1 aromatic carbocycles. The molecule has 0 amide bonds. The van der Waals surface area contributed by atoms with Gasteiger partial charge in [0, 0.05) is 10.0 Å². The van der Waals surface area contributed by atoms with Crippen molar-refractivity contribution in [1.82, 2.24) is 0 Å². The lowest BCUT2D eigenvalue weighted by Crippen LogP contribution is -2.03. The molecular weight excluding hydrogens is 352 g/mol. The molecule has 2 unspecified atom stereocenters. The van der Waals surface area contributed by atoms with Gasteiger partial charge >= 0.3 is 0 Å². The van der Waals surface area contributed by atoms with Crippen molar-refractivity contribution in [2.24, 2.45) is 0 Å². The third-order valence-corrected chi connectivity index (χ3v) is 4.63. The Kier molecular flexibility index (Phi) is 2.49. The van der Waals surface area contributed by atoms with Crippen molar-refractivity contribution in [2.45, 2.75) is 9.84 Å². The maximum Gasteiger partial charge on any atom is 0.169 e. The Labute approximate surface area is 95.9 Å². The summed E-state index contributed by atoms with van der Waals surface area (Å²) in [5, 5.41) is 0.0433. The minimum absolute atomic E-state index is 0.0433. The largest absolute Gasteiger partial charge is 0.477 e. The second-order valence-corrected chi connectivity index (χ2v) is 5.36. The molecule has 1 nitrogen and oxygen atoms in total.